The molecule has 0 saturated carbocycles. The molecule has 4 atom stereocenters. The molecular formula is C60H74Cl2N14O9. The highest BCUT2D eigenvalue weighted by Gasteiger charge is 2.26. The summed E-state index contributed by atoms with van der Waals surface area (Å²) in [5.41, 5.74) is 11.0. The van der Waals surface area contributed by atoms with Crippen LogP contribution in [-0.4, -0.2) is 140 Å². The van der Waals surface area contributed by atoms with Crippen LogP contribution in [-0.2, 0) is 11.3 Å². The highest BCUT2D eigenvalue weighted by Crippen LogP contribution is 2.33. The maximum absolute atomic E-state index is 13.0. The van der Waals surface area contributed by atoms with E-state index in [1.54, 1.807) is 106 Å². The number of aromatic amines is 3. The quantitative estimate of drug-likeness (QED) is 0.0268. The normalized spacial score (nSPS) is 12.3. The van der Waals surface area contributed by atoms with Crippen LogP contribution < -0.4 is 26.6 Å². The molecule has 0 unspecified atom stereocenters. The van der Waals surface area contributed by atoms with Gasteiger partial charge >= 0.3 is 5.97 Å². The summed E-state index contributed by atoms with van der Waals surface area (Å²) in [7, 11) is 1.71. The Bertz CT molecular complexity index is 3530. The summed E-state index contributed by atoms with van der Waals surface area (Å²) in [5, 5.41) is 64.0. The zero-order valence-corrected chi connectivity index (χ0v) is 50.4. The Morgan fingerprint density at radius 1 is 0.553 bits per heavy atom. The van der Waals surface area contributed by atoms with Crippen molar-refractivity contribution in [3.63, 3.8) is 0 Å². The van der Waals surface area contributed by atoms with E-state index in [1.807, 2.05) is 41.5 Å². The van der Waals surface area contributed by atoms with Gasteiger partial charge in [0.1, 0.15) is 17.1 Å². The van der Waals surface area contributed by atoms with E-state index < -0.39 is 18.0 Å². The Hall–Kier alpha value is -8.29. The number of H-pyrrole nitrogens is 3. The Kier molecular flexibility index (Phi) is 24.5. The molecule has 8 rings (SSSR count). The summed E-state index contributed by atoms with van der Waals surface area (Å²) < 4.78 is 5.08. The molecule has 0 saturated heterocycles. The van der Waals surface area contributed by atoms with Crippen LogP contribution in [0.3, 0.4) is 0 Å². The minimum absolute atomic E-state index is 0.0132. The van der Waals surface area contributed by atoms with Gasteiger partial charge in [0.25, 0.3) is 11.8 Å². The number of rotatable bonds is 23. The topological polar surface area (TPSA) is 346 Å². The first-order valence-electron chi connectivity index (χ1n) is 27.5. The summed E-state index contributed by atoms with van der Waals surface area (Å²) in [6.45, 7) is 14.4. The van der Waals surface area contributed by atoms with Gasteiger partial charge in [0.2, 0.25) is 17.8 Å². The molecule has 2 aromatic carbocycles. The van der Waals surface area contributed by atoms with Crippen molar-refractivity contribution >= 4 is 58.8 Å². The van der Waals surface area contributed by atoms with Crippen LogP contribution in [0.2, 0.25) is 10.0 Å². The number of carbonyl (C=O) groups is 3. The highest BCUT2D eigenvalue weighted by atomic mass is 35.5. The number of ether oxygens (including phenoxy) is 1. The highest BCUT2D eigenvalue weighted by molar-refractivity contribution is 6.31. The van der Waals surface area contributed by atoms with E-state index in [0.29, 0.717) is 85.4 Å². The summed E-state index contributed by atoms with van der Waals surface area (Å²) in [6, 6.07) is 17.8. The lowest BCUT2D eigenvalue weighted by atomic mass is 10.0. The fourth-order valence-corrected chi connectivity index (χ4v) is 9.72. The summed E-state index contributed by atoms with van der Waals surface area (Å²) in [6.07, 6.45) is 6.39. The van der Waals surface area contributed by atoms with Gasteiger partial charge in [0.15, 0.2) is 0 Å². The molecule has 85 heavy (non-hydrogen) atoms. The second-order valence-corrected chi connectivity index (χ2v) is 20.4. The van der Waals surface area contributed by atoms with Gasteiger partial charge in [0, 0.05) is 75.0 Å². The number of esters is 1. The average molecular weight is 1210 g/mol. The van der Waals surface area contributed by atoms with Crippen molar-refractivity contribution in [2.75, 3.05) is 56.0 Å². The summed E-state index contributed by atoms with van der Waals surface area (Å²) >= 11 is 12.1. The van der Waals surface area contributed by atoms with Gasteiger partial charge in [-0.3, -0.25) is 9.59 Å². The standard InChI is InChI=1S/C23H28ClN5O3.C20H22ClN5O3.C17H24N4O3/c1-4-17(11-30)27-23-25-9-8-18(29-23)20-13(2)21(26-14(20)3)22(32)28-19(12-31)15-6-5-7-16(24)10-15;1-11-17(15-6-7-23-20(22-2)26-15)14(9-27)18(24-11)19(29)25-16(10-28)12-4-3-5-13(21)8-12;1-5-12(9-22)20-17-18-8-7-13(21-17)14-10(3)15(19-11(14)4)16(23)24-6-2/h5-10,17,19,26,30-31H,4,11-12H2,1-3H3,(H,28,32)(H,25,27,29);3-8,16,24,27-28H,9-10H2,1-2H3,(H,25,29)(H,22,23,26);7-8,12,19,22H,5-6,9H2,1-4H3,(H,18,20,21)/t17-,19+;16-;12-/m010/s1. The Morgan fingerprint density at radius 2 is 0.965 bits per heavy atom. The van der Waals surface area contributed by atoms with E-state index in [0.717, 1.165) is 52.0 Å². The molecule has 0 aliphatic rings. The molecular weight excluding hydrogens is 1130 g/mol. The number of benzene rings is 2. The minimum Gasteiger partial charge on any atom is -0.461 e. The number of anilines is 3. The SMILES string of the molecule is CCOC(=O)c1[nH]c(C)c(-c2ccnc(N[C@@H](CC)CO)n2)c1C.CC[C@@H](CO)Nc1nccc(-c2c(C)[nH]c(C(=O)N[C@H](CO)c3cccc(Cl)c3)c2C)n1.CNc1nccc(-c2c(C)[nH]c(C(=O)N[C@H](CO)c3cccc(Cl)c3)c2CO)n1. The van der Waals surface area contributed by atoms with Gasteiger partial charge in [-0.05, 0) is 119 Å². The first-order chi connectivity index (χ1) is 40.9. The van der Waals surface area contributed by atoms with Gasteiger partial charge in [-0.25, -0.2) is 34.7 Å². The van der Waals surface area contributed by atoms with E-state index in [-0.39, 0.29) is 62.7 Å². The Balaban J connectivity index is 0.000000206. The second-order valence-electron chi connectivity index (χ2n) is 19.5. The fourth-order valence-electron chi connectivity index (χ4n) is 9.33. The summed E-state index contributed by atoms with van der Waals surface area (Å²) in [4.78, 5) is 73.2. The first kappa shape index (κ1) is 65.9. The Morgan fingerprint density at radius 3 is 1.39 bits per heavy atom. The number of hydrogen-bond donors (Lipinski definition) is 13. The number of hydrogen-bond acceptors (Lipinski definition) is 18. The molecule has 23 nitrogen and oxygen atoms in total. The number of aliphatic hydroxyl groups excluding tert-OH is 5. The lowest BCUT2D eigenvalue weighted by Gasteiger charge is -2.17. The maximum atomic E-state index is 13.0. The largest absolute Gasteiger partial charge is 0.461 e. The van der Waals surface area contributed by atoms with Gasteiger partial charge in [-0.1, -0.05) is 61.3 Å². The van der Waals surface area contributed by atoms with E-state index in [4.69, 9.17) is 27.9 Å². The van der Waals surface area contributed by atoms with Crippen molar-refractivity contribution in [1.82, 2.24) is 55.5 Å². The van der Waals surface area contributed by atoms with Gasteiger partial charge in [-0.15, -0.1) is 0 Å². The number of carbonyl (C=O) groups excluding carboxylic acids is 3. The predicted molar refractivity (Wildman–Crippen MR) is 328 cm³/mol. The molecule has 13 N–H and O–H groups in total. The van der Waals surface area contributed by atoms with Crippen molar-refractivity contribution in [2.24, 2.45) is 0 Å². The molecule has 2 amide bonds. The van der Waals surface area contributed by atoms with Gasteiger partial charge in [0.05, 0.1) is 80.9 Å². The van der Waals surface area contributed by atoms with Gasteiger partial charge < -0.3 is 71.8 Å². The van der Waals surface area contributed by atoms with Crippen molar-refractivity contribution < 1.29 is 44.7 Å². The molecule has 0 spiro atoms. The van der Waals surface area contributed by atoms with Crippen molar-refractivity contribution in [1.29, 1.82) is 0 Å². The van der Waals surface area contributed by atoms with Crippen molar-refractivity contribution in [3.8, 4) is 33.8 Å². The third kappa shape index (κ3) is 16.7. The lowest BCUT2D eigenvalue weighted by molar-refractivity contribution is 0.0519. The molecule has 6 heterocycles. The predicted octanol–water partition coefficient (Wildman–Crippen LogP) is 8.27. The minimum atomic E-state index is -0.644. The molecule has 0 aliphatic heterocycles. The van der Waals surface area contributed by atoms with E-state index in [1.165, 1.54) is 0 Å². The van der Waals surface area contributed by atoms with E-state index in [2.05, 4.69) is 71.4 Å². The molecule has 25 heteroatoms. The fraction of sp³-hybridized carbons (Fsp3) is 0.350. The number of amides is 2. The average Bonchev–Trinajstić information content (AvgIpc) is 4.35. The van der Waals surface area contributed by atoms with Crippen LogP contribution in [0.1, 0.15) is 122 Å². The van der Waals surface area contributed by atoms with Crippen LogP contribution in [0.4, 0.5) is 17.8 Å². The number of aryl methyl sites for hydroxylation is 3. The third-order valence-corrected chi connectivity index (χ3v) is 14.3. The second kappa shape index (κ2) is 31.6. The van der Waals surface area contributed by atoms with Crippen LogP contribution >= 0.6 is 23.2 Å². The number of nitrogens with zero attached hydrogens (tertiary/aromatic N) is 6. The van der Waals surface area contributed by atoms with Crippen LogP contribution in [0, 0.1) is 34.6 Å². The molecule has 0 radical (unpaired) electrons. The first-order valence-corrected chi connectivity index (χ1v) is 28.3. The van der Waals surface area contributed by atoms with E-state index in [9.17, 15) is 39.9 Å². The zero-order chi connectivity index (χ0) is 61.9. The molecule has 0 aliphatic carbocycles. The van der Waals surface area contributed by atoms with Crippen LogP contribution in [0.15, 0.2) is 85.3 Å². The Labute approximate surface area is 502 Å². The maximum Gasteiger partial charge on any atom is 0.355 e. The van der Waals surface area contributed by atoms with Crippen molar-refractivity contribution in [3.05, 3.63) is 157 Å². The molecule has 0 bridgehead atoms. The summed E-state index contributed by atoms with van der Waals surface area (Å²) in [5.74, 6) is 0.129. The van der Waals surface area contributed by atoms with Crippen molar-refractivity contribution in [2.45, 2.75) is 99.0 Å². The van der Waals surface area contributed by atoms with Crippen LogP contribution in [0.5, 0.6) is 0 Å². The lowest BCUT2D eigenvalue weighted by Crippen LogP contribution is -2.31. The molecule has 452 valence electrons. The molecule has 0 fully saturated rings. The van der Waals surface area contributed by atoms with Gasteiger partial charge in [-0.2, -0.15) is 0 Å². The number of aliphatic hydroxyl groups is 5. The number of halogens is 2. The smallest absolute Gasteiger partial charge is 0.355 e. The van der Waals surface area contributed by atoms with Crippen LogP contribution in [0.25, 0.3) is 33.8 Å². The molecule has 8 aromatic rings. The monoisotopic (exact) mass is 1200 g/mol. The molecule has 6 aromatic heterocycles. The third-order valence-electron chi connectivity index (χ3n) is 13.8. The van der Waals surface area contributed by atoms with E-state index >= 15 is 0 Å². The number of aromatic nitrogens is 9. The number of nitrogens with one attached hydrogen (secondary N) is 8. The zero-order valence-electron chi connectivity index (χ0n) is 48.9.